The number of aromatic amines is 1. The first kappa shape index (κ1) is 27.9. The molecule has 40 heavy (non-hydrogen) atoms. The van der Waals surface area contributed by atoms with Crippen molar-refractivity contribution in [3.63, 3.8) is 0 Å². The third-order valence-corrected chi connectivity index (χ3v) is 8.00. The van der Waals surface area contributed by atoms with Crippen molar-refractivity contribution >= 4 is 50.7 Å². The Morgan fingerprint density at radius 1 is 1.12 bits per heavy atom. The molecule has 0 spiro atoms. The molecule has 1 amide bonds. The van der Waals surface area contributed by atoms with E-state index in [9.17, 15) is 27.6 Å². The number of aryl methyl sites for hydroxylation is 3. The predicted octanol–water partition coefficient (Wildman–Crippen LogP) is 6.39. The highest BCUT2D eigenvalue weighted by atomic mass is 35.5. The van der Waals surface area contributed by atoms with Crippen molar-refractivity contribution in [1.82, 2.24) is 9.97 Å². The number of carbonyl (C=O) groups is 2. The summed E-state index contributed by atoms with van der Waals surface area (Å²) in [7, 11) is 0. The van der Waals surface area contributed by atoms with Gasteiger partial charge in [-0.15, -0.1) is 11.3 Å². The van der Waals surface area contributed by atoms with Crippen LogP contribution in [-0.4, -0.2) is 21.8 Å². The van der Waals surface area contributed by atoms with Crippen LogP contribution in [0.25, 0.3) is 10.2 Å². The number of fused-ring (bicyclic) bond motifs is 3. The third-order valence-electron chi connectivity index (χ3n) is 6.57. The second-order valence-electron chi connectivity index (χ2n) is 9.36. The molecule has 1 aliphatic rings. The number of ether oxygens (including phenoxy) is 1. The van der Waals surface area contributed by atoms with Crippen LogP contribution in [0.3, 0.4) is 0 Å². The van der Waals surface area contributed by atoms with Crippen molar-refractivity contribution in [2.75, 3.05) is 5.32 Å². The maximum atomic E-state index is 13.5. The molecular weight excluding hydrogens is 567 g/mol. The number of halogens is 4. The number of carbonyl (C=O) groups excluding carboxylic acids is 2. The molecule has 1 aliphatic carbocycles. The number of hydrogen-bond donors (Lipinski definition) is 2. The standard InChI is InChI=1S/C28H23ClF3N3O4S/c29-16-10-11-19(18(14-16)28(30,31)32)33-26(38)24(15-6-2-1-3-7-15)39-22(36)13-12-21-34-25(37)23-17-8-4-5-9-20(17)40-27(23)35-21/h1-3,6-7,10-11,14,24H,4-5,8-9,12-13H2,(H,33,38)(H,34,35,37). The first-order valence-electron chi connectivity index (χ1n) is 12.6. The van der Waals surface area contributed by atoms with Gasteiger partial charge in [-0.3, -0.25) is 14.4 Å². The van der Waals surface area contributed by atoms with Gasteiger partial charge in [0.25, 0.3) is 11.5 Å². The minimum absolute atomic E-state index is 0.0467. The summed E-state index contributed by atoms with van der Waals surface area (Å²) in [4.78, 5) is 47.8. The lowest BCUT2D eigenvalue weighted by Crippen LogP contribution is -2.27. The summed E-state index contributed by atoms with van der Waals surface area (Å²) in [6.45, 7) is 0. The smallest absolute Gasteiger partial charge is 0.418 e. The fourth-order valence-corrected chi connectivity index (χ4v) is 6.15. The molecule has 5 rings (SSSR count). The van der Waals surface area contributed by atoms with Gasteiger partial charge in [-0.2, -0.15) is 13.2 Å². The summed E-state index contributed by atoms with van der Waals surface area (Å²) >= 11 is 7.22. The molecule has 2 aromatic carbocycles. The highest BCUT2D eigenvalue weighted by Gasteiger charge is 2.35. The lowest BCUT2D eigenvalue weighted by molar-refractivity contribution is -0.154. The Balaban J connectivity index is 1.33. The number of amides is 1. The van der Waals surface area contributed by atoms with Gasteiger partial charge in [0.15, 0.2) is 0 Å². The predicted molar refractivity (Wildman–Crippen MR) is 146 cm³/mol. The van der Waals surface area contributed by atoms with Crippen LogP contribution in [0.5, 0.6) is 0 Å². The fraction of sp³-hybridized carbons (Fsp3) is 0.286. The second-order valence-corrected chi connectivity index (χ2v) is 10.9. The molecule has 0 radical (unpaired) electrons. The van der Waals surface area contributed by atoms with E-state index in [4.69, 9.17) is 16.3 Å². The van der Waals surface area contributed by atoms with E-state index in [1.165, 1.54) is 34.4 Å². The Hall–Kier alpha value is -3.70. The molecule has 0 saturated carbocycles. The Labute approximate surface area is 235 Å². The number of nitrogens with zero attached hydrogens (tertiary/aromatic N) is 1. The summed E-state index contributed by atoms with van der Waals surface area (Å²) in [5, 5.41) is 2.67. The van der Waals surface area contributed by atoms with Gasteiger partial charge in [-0.1, -0.05) is 41.9 Å². The maximum absolute atomic E-state index is 13.5. The van der Waals surface area contributed by atoms with Crippen molar-refractivity contribution in [1.29, 1.82) is 0 Å². The van der Waals surface area contributed by atoms with E-state index in [0.717, 1.165) is 37.3 Å². The molecule has 2 N–H and O–H groups in total. The molecule has 1 atom stereocenters. The molecule has 4 aromatic rings. The van der Waals surface area contributed by atoms with Crippen LogP contribution >= 0.6 is 22.9 Å². The second kappa shape index (κ2) is 11.4. The van der Waals surface area contributed by atoms with Gasteiger partial charge in [-0.05, 0) is 49.4 Å². The zero-order valence-electron chi connectivity index (χ0n) is 20.9. The molecule has 208 valence electrons. The van der Waals surface area contributed by atoms with E-state index in [1.807, 2.05) is 0 Å². The fourth-order valence-electron chi connectivity index (χ4n) is 4.70. The maximum Gasteiger partial charge on any atom is 0.418 e. The molecule has 1 unspecified atom stereocenters. The normalized spacial score (nSPS) is 14.0. The first-order valence-corrected chi connectivity index (χ1v) is 13.7. The molecular formula is C28H23ClF3N3O4S. The van der Waals surface area contributed by atoms with Crippen molar-refractivity contribution in [2.45, 2.75) is 50.8 Å². The summed E-state index contributed by atoms with van der Waals surface area (Å²) < 4.78 is 46.1. The van der Waals surface area contributed by atoms with E-state index in [2.05, 4.69) is 15.3 Å². The zero-order valence-corrected chi connectivity index (χ0v) is 22.5. The molecule has 0 bridgehead atoms. The lowest BCUT2D eigenvalue weighted by atomic mass is 9.97. The van der Waals surface area contributed by atoms with Crippen LogP contribution in [0, 0.1) is 0 Å². The Kier molecular flexibility index (Phi) is 7.95. The molecule has 12 heteroatoms. The molecule has 7 nitrogen and oxygen atoms in total. The van der Waals surface area contributed by atoms with Gasteiger partial charge >= 0.3 is 12.1 Å². The van der Waals surface area contributed by atoms with Crippen molar-refractivity contribution < 1.29 is 27.5 Å². The lowest BCUT2D eigenvalue weighted by Gasteiger charge is -2.20. The van der Waals surface area contributed by atoms with Gasteiger partial charge in [0.2, 0.25) is 6.10 Å². The summed E-state index contributed by atoms with van der Waals surface area (Å²) in [6, 6.07) is 10.9. The van der Waals surface area contributed by atoms with Crippen LogP contribution in [0.4, 0.5) is 18.9 Å². The minimum atomic E-state index is -4.78. The number of nitrogens with one attached hydrogen (secondary N) is 2. The number of anilines is 1. The summed E-state index contributed by atoms with van der Waals surface area (Å²) in [6.07, 6.45) is -2.62. The number of benzene rings is 2. The number of esters is 1. The van der Waals surface area contributed by atoms with Gasteiger partial charge in [0.1, 0.15) is 10.7 Å². The average Bonchev–Trinajstić information content (AvgIpc) is 3.30. The van der Waals surface area contributed by atoms with Crippen LogP contribution in [0.2, 0.25) is 5.02 Å². The first-order chi connectivity index (χ1) is 19.1. The van der Waals surface area contributed by atoms with Gasteiger partial charge < -0.3 is 15.0 Å². The number of aromatic nitrogens is 2. The van der Waals surface area contributed by atoms with E-state index in [0.29, 0.717) is 22.1 Å². The van der Waals surface area contributed by atoms with Crippen molar-refractivity contribution in [3.05, 3.63) is 91.3 Å². The van der Waals surface area contributed by atoms with Crippen molar-refractivity contribution in [2.24, 2.45) is 0 Å². The average molecular weight is 590 g/mol. The molecule has 0 aliphatic heterocycles. The molecule has 0 fully saturated rings. The van der Waals surface area contributed by atoms with E-state index < -0.39 is 35.4 Å². The van der Waals surface area contributed by atoms with E-state index >= 15 is 0 Å². The number of rotatable bonds is 7. The number of thiophene rings is 1. The monoisotopic (exact) mass is 589 g/mol. The zero-order chi connectivity index (χ0) is 28.4. The minimum Gasteiger partial charge on any atom is -0.447 e. The van der Waals surface area contributed by atoms with Gasteiger partial charge in [0, 0.05) is 21.9 Å². The quantitative estimate of drug-likeness (QED) is 0.243. The Bertz CT molecular complexity index is 1640. The highest BCUT2D eigenvalue weighted by Crippen LogP contribution is 2.37. The van der Waals surface area contributed by atoms with E-state index in [-0.39, 0.29) is 29.0 Å². The number of H-pyrrole nitrogens is 1. The van der Waals surface area contributed by atoms with Crippen LogP contribution in [0.1, 0.15) is 52.8 Å². The Morgan fingerprint density at radius 2 is 1.88 bits per heavy atom. The Morgan fingerprint density at radius 3 is 2.62 bits per heavy atom. The van der Waals surface area contributed by atoms with Crippen LogP contribution < -0.4 is 10.9 Å². The van der Waals surface area contributed by atoms with Gasteiger partial charge in [-0.25, -0.2) is 4.98 Å². The molecule has 2 heterocycles. The van der Waals surface area contributed by atoms with E-state index in [1.54, 1.807) is 18.2 Å². The third kappa shape index (κ3) is 6.05. The summed E-state index contributed by atoms with van der Waals surface area (Å²) in [5.41, 5.74) is -0.581. The van der Waals surface area contributed by atoms with Crippen LogP contribution in [0.15, 0.2) is 53.3 Å². The largest absolute Gasteiger partial charge is 0.447 e. The number of hydrogen-bond acceptors (Lipinski definition) is 6. The topological polar surface area (TPSA) is 101 Å². The number of alkyl halides is 3. The van der Waals surface area contributed by atoms with Crippen LogP contribution in [-0.2, 0) is 39.8 Å². The molecule has 2 aromatic heterocycles. The SMILES string of the molecule is O=C(CCc1nc2sc3c(c2c(=O)[nH]1)CCCC3)OC(C(=O)Nc1ccc(Cl)cc1C(F)(F)F)c1ccccc1. The molecule has 0 saturated heterocycles. The van der Waals surface area contributed by atoms with Gasteiger partial charge in [0.05, 0.1) is 23.1 Å². The van der Waals surface area contributed by atoms with Crippen molar-refractivity contribution in [3.8, 4) is 0 Å². The highest BCUT2D eigenvalue weighted by molar-refractivity contribution is 7.18. The summed E-state index contributed by atoms with van der Waals surface area (Å²) in [5.74, 6) is -1.45.